The molecule has 0 spiro atoms. The van der Waals surface area contributed by atoms with Gasteiger partial charge in [0, 0.05) is 24.7 Å². The van der Waals surface area contributed by atoms with Crippen molar-refractivity contribution in [3.05, 3.63) is 52.5 Å². The number of pyridine rings is 1. The first-order valence-corrected chi connectivity index (χ1v) is 4.68. The Labute approximate surface area is 91.7 Å². The number of nitro groups is 1. The fraction of sp³-hybridized carbons (Fsp3) is 0.100. The van der Waals surface area contributed by atoms with E-state index in [2.05, 4.69) is 10.4 Å². The first kappa shape index (κ1) is 10.2. The van der Waals surface area contributed by atoms with E-state index in [0.717, 1.165) is 5.56 Å². The summed E-state index contributed by atoms with van der Waals surface area (Å²) in [6, 6.07) is 5.11. The minimum Gasteiger partial charge on any atom is -0.272 e. The van der Waals surface area contributed by atoms with Gasteiger partial charge in [0.1, 0.15) is 0 Å². The molecule has 0 bridgehead atoms. The van der Waals surface area contributed by atoms with Gasteiger partial charge in [-0.15, -0.1) is 0 Å². The Morgan fingerprint density at radius 2 is 2.12 bits per heavy atom. The van der Waals surface area contributed by atoms with Gasteiger partial charge < -0.3 is 0 Å². The Morgan fingerprint density at radius 3 is 2.75 bits per heavy atom. The van der Waals surface area contributed by atoms with E-state index in [-0.39, 0.29) is 11.5 Å². The van der Waals surface area contributed by atoms with Gasteiger partial charge in [0.2, 0.25) is 5.82 Å². The summed E-state index contributed by atoms with van der Waals surface area (Å²) in [6.07, 6.45) is 5.06. The predicted octanol–water partition coefficient (Wildman–Crippen LogP) is 1.97. The molecule has 0 saturated carbocycles. The summed E-state index contributed by atoms with van der Waals surface area (Å²) in [6.45, 7) is 1.76. The average Bonchev–Trinajstić information content (AvgIpc) is 2.73. The molecular weight excluding hydrogens is 208 g/mol. The van der Waals surface area contributed by atoms with Crippen molar-refractivity contribution in [3.8, 4) is 0 Å². The lowest BCUT2D eigenvalue weighted by Crippen LogP contribution is -2.09. The largest absolute Gasteiger partial charge is 0.313 e. The van der Waals surface area contributed by atoms with Crippen LogP contribution in [0.25, 0.3) is 0 Å². The van der Waals surface area contributed by atoms with Crippen LogP contribution in [0, 0.1) is 17.0 Å². The number of hydrogen-bond acceptors (Lipinski definition) is 4. The van der Waals surface area contributed by atoms with Crippen LogP contribution in [0.1, 0.15) is 5.56 Å². The van der Waals surface area contributed by atoms with Crippen LogP contribution >= 0.6 is 0 Å². The van der Waals surface area contributed by atoms with Crippen molar-refractivity contribution in [2.24, 2.45) is 0 Å². The van der Waals surface area contributed by atoms with Crippen molar-refractivity contribution >= 4 is 11.5 Å². The molecule has 82 valence electrons. The molecule has 0 fully saturated rings. The second kappa shape index (κ2) is 4.01. The molecule has 0 saturated heterocycles. The van der Waals surface area contributed by atoms with Crippen LogP contribution in [-0.2, 0) is 0 Å². The molecule has 0 radical (unpaired) electrons. The highest BCUT2D eigenvalue weighted by Crippen LogP contribution is 2.22. The number of aryl methyl sites for hydroxylation is 1. The van der Waals surface area contributed by atoms with Gasteiger partial charge in [-0.2, -0.15) is 0 Å². The lowest BCUT2D eigenvalue weighted by atomic mass is 10.3. The van der Waals surface area contributed by atoms with E-state index < -0.39 is 4.92 Å². The number of aromatic nitrogens is 2. The maximum atomic E-state index is 10.8. The minimum atomic E-state index is -0.453. The Hall–Kier alpha value is -2.37. The highest BCUT2D eigenvalue weighted by molar-refractivity contribution is 5.56. The molecule has 6 heteroatoms. The molecule has 6 nitrogen and oxygen atoms in total. The van der Waals surface area contributed by atoms with Crippen LogP contribution in [0.15, 0.2) is 36.8 Å². The van der Waals surface area contributed by atoms with Crippen molar-refractivity contribution in [2.45, 2.75) is 6.92 Å². The smallest absolute Gasteiger partial charge is 0.272 e. The number of hydrogen-bond donors (Lipinski definition) is 1. The fourth-order valence-corrected chi connectivity index (χ4v) is 1.31. The standard InChI is InChI=1S/C10H10N4O2/c1-8-6-9(14(15)16)10(11-7-8)12-13-4-2-3-5-13/h2-7H,1H3,(H,11,12). The van der Waals surface area contributed by atoms with Gasteiger partial charge in [0.25, 0.3) is 0 Å². The van der Waals surface area contributed by atoms with Crippen LogP contribution in [0.3, 0.4) is 0 Å². The van der Waals surface area contributed by atoms with Crippen LogP contribution in [0.4, 0.5) is 11.5 Å². The van der Waals surface area contributed by atoms with E-state index in [1.807, 2.05) is 12.1 Å². The second-order valence-electron chi connectivity index (χ2n) is 3.34. The third-order valence-electron chi connectivity index (χ3n) is 2.04. The first-order valence-electron chi connectivity index (χ1n) is 4.68. The summed E-state index contributed by atoms with van der Waals surface area (Å²) in [5.74, 6) is 0.229. The normalized spacial score (nSPS) is 10.1. The van der Waals surface area contributed by atoms with Gasteiger partial charge in [0.15, 0.2) is 0 Å². The van der Waals surface area contributed by atoms with E-state index in [1.54, 1.807) is 30.2 Å². The third-order valence-corrected chi connectivity index (χ3v) is 2.04. The maximum absolute atomic E-state index is 10.8. The Bertz CT molecular complexity index is 508. The zero-order valence-electron chi connectivity index (χ0n) is 8.62. The summed E-state index contributed by atoms with van der Waals surface area (Å²) in [5.41, 5.74) is 3.55. The van der Waals surface area contributed by atoms with E-state index in [9.17, 15) is 10.1 Å². The summed E-state index contributed by atoms with van der Waals surface area (Å²) < 4.78 is 1.60. The lowest BCUT2D eigenvalue weighted by molar-refractivity contribution is -0.384. The van der Waals surface area contributed by atoms with E-state index >= 15 is 0 Å². The summed E-state index contributed by atoms with van der Waals surface area (Å²) in [7, 11) is 0. The zero-order chi connectivity index (χ0) is 11.5. The molecule has 0 atom stereocenters. The van der Waals surface area contributed by atoms with Crippen LogP contribution < -0.4 is 5.43 Å². The van der Waals surface area contributed by atoms with Crippen LogP contribution in [0.5, 0.6) is 0 Å². The zero-order valence-corrected chi connectivity index (χ0v) is 8.62. The molecule has 1 N–H and O–H groups in total. The van der Waals surface area contributed by atoms with E-state index in [1.165, 1.54) is 6.07 Å². The maximum Gasteiger partial charge on any atom is 0.313 e. The van der Waals surface area contributed by atoms with Gasteiger partial charge in [-0.05, 0) is 24.6 Å². The molecular formula is C10H10N4O2. The Morgan fingerprint density at radius 1 is 1.44 bits per heavy atom. The highest BCUT2D eigenvalue weighted by Gasteiger charge is 2.15. The average molecular weight is 218 g/mol. The van der Waals surface area contributed by atoms with E-state index in [0.29, 0.717) is 0 Å². The molecule has 0 aliphatic carbocycles. The van der Waals surface area contributed by atoms with Crippen LogP contribution in [0.2, 0.25) is 0 Å². The SMILES string of the molecule is Cc1cnc(Nn2cccc2)c([N+](=O)[O-])c1. The number of nitrogens with one attached hydrogen (secondary N) is 1. The molecule has 0 unspecified atom stereocenters. The number of rotatable bonds is 3. The molecule has 2 aromatic heterocycles. The molecule has 0 aliphatic heterocycles. The molecule has 0 amide bonds. The van der Waals surface area contributed by atoms with Crippen molar-refractivity contribution in [3.63, 3.8) is 0 Å². The van der Waals surface area contributed by atoms with Gasteiger partial charge in [0.05, 0.1) is 4.92 Å². The van der Waals surface area contributed by atoms with Gasteiger partial charge in [-0.3, -0.25) is 20.2 Å². The quantitative estimate of drug-likeness (QED) is 0.631. The predicted molar refractivity (Wildman–Crippen MR) is 59.1 cm³/mol. The monoisotopic (exact) mass is 218 g/mol. The second-order valence-corrected chi connectivity index (χ2v) is 3.34. The number of anilines is 1. The molecule has 0 aliphatic rings. The van der Waals surface area contributed by atoms with Gasteiger partial charge in [-0.25, -0.2) is 4.98 Å². The lowest BCUT2D eigenvalue weighted by Gasteiger charge is -2.06. The summed E-state index contributed by atoms with van der Waals surface area (Å²) >= 11 is 0. The van der Waals surface area contributed by atoms with E-state index in [4.69, 9.17) is 0 Å². The van der Waals surface area contributed by atoms with Gasteiger partial charge in [-0.1, -0.05) is 0 Å². The van der Waals surface area contributed by atoms with Crippen molar-refractivity contribution < 1.29 is 4.92 Å². The van der Waals surface area contributed by atoms with Crippen LogP contribution in [-0.4, -0.2) is 14.6 Å². The fourth-order valence-electron chi connectivity index (χ4n) is 1.31. The molecule has 2 heterocycles. The molecule has 2 rings (SSSR count). The van der Waals surface area contributed by atoms with Crippen molar-refractivity contribution in [1.29, 1.82) is 0 Å². The third kappa shape index (κ3) is 2.00. The Kier molecular flexibility index (Phi) is 2.55. The molecule has 0 aromatic carbocycles. The minimum absolute atomic E-state index is 0.0336. The van der Waals surface area contributed by atoms with Gasteiger partial charge >= 0.3 is 5.69 Å². The number of nitrogens with zero attached hydrogens (tertiary/aromatic N) is 3. The first-order chi connectivity index (χ1) is 7.66. The molecule has 2 aromatic rings. The highest BCUT2D eigenvalue weighted by atomic mass is 16.6. The Balaban J connectivity index is 2.36. The summed E-state index contributed by atoms with van der Waals surface area (Å²) in [5, 5.41) is 10.8. The van der Waals surface area contributed by atoms with Crippen molar-refractivity contribution in [2.75, 3.05) is 5.43 Å². The van der Waals surface area contributed by atoms with Crippen molar-refractivity contribution in [1.82, 2.24) is 9.66 Å². The topological polar surface area (TPSA) is 73.0 Å². The molecule has 16 heavy (non-hydrogen) atoms. The summed E-state index contributed by atoms with van der Waals surface area (Å²) in [4.78, 5) is 14.4.